The second-order valence-electron chi connectivity index (χ2n) is 3.48. The van der Waals surface area contributed by atoms with Gasteiger partial charge in [-0.2, -0.15) is 0 Å². The number of hydrogen-bond acceptors (Lipinski definition) is 4. The molecule has 17 heavy (non-hydrogen) atoms. The molecule has 0 aliphatic carbocycles. The maximum absolute atomic E-state index is 10.7. The van der Waals surface area contributed by atoms with Gasteiger partial charge in [-0.05, 0) is 24.6 Å². The molecule has 0 aliphatic rings. The van der Waals surface area contributed by atoms with Crippen molar-refractivity contribution in [1.29, 1.82) is 0 Å². The summed E-state index contributed by atoms with van der Waals surface area (Å²) in [5, 5.41) is 2.93. The Kier molecular flexibility index (Phi) is 5.64. The van der Waals surface area contributed by atoms with Crippen LogP contribution in [0.25, 0.3) is 0 Å². The predicted molar refractivity (Wildman–Crippen MR) is 65.8 cm³/mol. The number of ether oxygens (including phenoxy) is 2. The number of carbonyl (C=O) groups is 1. The molecule has 92 valence electrons. The molecule has 1 rings (SSSR count). The zero-order chi connectivity index (χ0) is 12.5. The SMILES string of the molecule is COC(=O)/C=C/NCCOc1cccc(C)c1. The molecule has 0 heterocycles. The minimum absolute atomic E-state index is 0.378. The second kappa shape index (κ2) is 7.33. The van der Waals surface area contributed by atoms with Gasteiger partial charge in [-0.25, -0.2) is 4.79 Å². The highest BCUT2D eigenvalue weighted by Crippen LogP contribution is 2.11. The Morgan fingerprint density at radius 3 is 3.00 bits per heavy atom. The van der Waals surface area contributed by atoms with Gasteiger partial charge in [0.25, 0.3) is 0 Å². The molecule has 0 unspecified atom stereocenters. The van der Waals surface area contributed by atoms with Gasteiger partial charge in [-0.1, -0.05) is 12.1 Å². The Hall–Kier alpha value is -1.97. The van der Waals surface area contributed by atoms with Crippen molar-refractivity contribution in [1.82, 2.24) is 5.32 Å². The van der Waals surface area contributed by atoms with E-state index in [1.54, 1.807) is 6.20 Å². The van der Waals surface area contributed by atoms with Crippen molar-refractivity contribution in [3.63, 3.8) is 0 Å². The molecule has 0 saturated heterocycles. The molecule has 0 radical (unpaired) electrons. The fourth-order valence-electron chi connectivity index (χ4n) is 1.21. The van der Waals surface area contributed by atoms with Crippen molar-refractivity contribution in [2.45, 2.75) is 6.92 Å². The Labute approximate surface area is 101 Å². The highest BCUT2D eigenvalue weighted by molar-refractivity contribution is 5.81. The van der Waals surface area contributed by atoms with Crippen molar-refractivity contribution >= 4 is 5.97 Å². The highest BCUT2D eigenvalue weighted by Gasteiger charge is 1.93. The molecular weight excluding hydrogens is 218 g/mol. The van der Waals surface area contributed by atoms with E-state index in [1.165, 1.54) is 18.7 Å². The first-order valence-electron chi connectivity index (χ1n) is 5.39. The van der Waals surface area contributed by atoms with Gasteiger partial charge in [0.15, 0.2) is 0 Å². The maximum atomic E-state index is 10.7. The molecule has 1 N–H and O–H groups in total. The fourth-order valence-corrected chi connectivity index (χ4v) is 1.21. The number of carbonyl (C=O) groups excluding carboxylic acids is 1. The third-order valence-electron chi connectivity index (χ3n) is 2.04. The van der Waals surface area contributed by atoms with Crippen LogP contribution in [0.5, 0.6) is 5.75 Å². The number of aryl methyl sites for hydroxylation is 1. The van der Waals surface area contributed by atoms with Crippen molar-refractivity contribution in [3.8, 4) is 5.75 Å². The van der Waals surface area contributed by atoms with Crippen LogP contribution < -0.4 is 10.1 Å². The van der Waals surface area contributed by atoms with E-state index >= 15 is 0 Å². The summed E-state index contributed by atoms with van der Waals surface area (Å²) >= 11 is 0. The van der Waals surface area contributed by atoms with Crippen LogP contribution in [0.2, 0.25) is 0 Å². The first kappa shape index (κ1) is 13.1. The summed E-state index contributed by atoms with van der Waals surface area (Å²) in [5.74, 6) is 0.473. The first-order valence-corrected chi connectivity index (χ1v) is 5.39. The van der Waals surface area contributed by atoms with Gasteiger partial charge in [0.1, 0.15) is 12.4 Å². The summed E-state index contributed by atoms with van der Waals surface area (Å²) < 4.78 is 9.95. The van der Waals surface area contributed by atoms with E-state index in [4.69, 9.17) is 4.74 Å². The molecule has 4 nitrogen and oxygen atoms in total. The Bertz CT molecular complexity index is 388. The lowest BCUT2D eigenvalue weighted by Crippen LogP contribution is -2.16. The third kappa shape index (κ3) is 5.61. The first-order chi connectivity index (χ1) is 8.22. The van der Waals surface area contributed by atoms with E-state index < -0.39 is 0 Å². The average Bonchev–Trinajstić information content (AvgIpc) is 2.33. The molecule has 1 aromatic rings. The summed E-state index contributed by atoms with van der Waals surface area (Å²) in [5.41, 5.74) is 1.17. The van der Waals surface area contributed by atoms with Crippen LogP contribution in [-0.4, -0.2) is 26.2 Å². The summed E-state index contributed by atoms with van der Waals surface area (Å²) in [6.07, 6.45) is 2.87. The molecule has 4 heteroatoms. The van der Waals surface area contributed by atoms with Gasteiger partial charge >= 0.3 is 5.97 Å². The van der Waals surface area contributed by atoms with Gasteiger partial charge in [0.2, 0.25) is 0 Å². The van der Waals surface area contributed by atoms with E-state index in [1.807, 2.05) is 31.2 Å². The smallest absolute Gasteiger partial charge is 0.331 e. The number of esters is 1. The Morgan fingerprint density at radius 2 is 2.29 bits per heavy atom. The lowest BCUT2D eigenvalue weighted by molar-refractivity contribution is -0.134. The monoisotopic (exact) mass is 235 g/mol. The lowest BCUT2D eigenvalue weighted by atomic mass is 10.2. The molecule has 1 aromatic carbocycles. The molecule has 0 atom stereocenters. The van der Waals surface area contributed by atoms with E-state index in [9.17, 15) is 4.79 Å². The van der Waals surface area contributed by atoms with Crippen molar-refractivity contribution < 1.29 is 14.3 Å². The van der Waals surface area contributed by atoms with Crippen molar-refractivity contribution in [3.05, 3.63) is 42.1 Å². The van der Waals surface area contributed by atoms with Crippen LogP contribution in [0.3, 0.4) is 0 Å². The van der Waals surface area contributed by atoms with Gasteiger partial charge in [0, 0.05) is 18.8 Å². The van der Waals surface area contributed by atoms with E-state index in [0.29, 0.717) is 13.2 Å². The minimum Gasteiger partial charge on any atom is -0.492 e. The standard InChI is InChI=1S/C13H17NO3/c1-11-4-3-5-12(10-11)17-9-8-14-7-6-13(15)16-2/h3-7,10,14H,8-9H2,1-2H3/b7-6+. The maximum Gasteiger partial charge on any atom is 0.331 e. The van der Waals surface area contributed by atoms with E-state index in [0.717, 1.165) is 5.75 Å². The topological polar surface area (TPSA) is 47.6 Å². The largest absolute Gasteiger partial charge is 0.492 e. The van der Waals surface area contributed by atoms with Crippen molar-refractivity contribution in [2.75, 3.05) is 20.3 Å². The number of nitrogens with one attached hydrogen (secondary N) is 1. The van der Waals surface area contributed by atoms with Gasteiger partial charge in [-0.15, -0.1) is 0 Å². The summed E-state index contributed by atoms with van der Waals surface area (Å²) in [4.78, 5) is 10.7. The van der Waals surface area contributed by atoms with Crippen LogP contribution in [0.15, 0.2) is 36.5 Å². The van der Waals surface area contributed by atoms with Gasteiger partial charge in [-0.3, -0.25) is 0 Å². The highest BCUT2D eigenvalue weighted by atomic mass is 16.5. The molecule has 0 fully saturated rings. The zero-order valence-corrected chi connectivity index (χ0v) is 10.1. The van der Waals surface area contributed by atoms with Gasteiger partial charge in [0.05, 0.1) is 7.11 Å². The Morgan fingerprint density at radius 1 is 1.47 bits per heavy atom. The van der Waals surface area contributed by atoms with Gasteiger partial charge < -0.3 is 14.8 Å². The quantitative estimate of drug-likeness (QED) is 0.462. The van der Waals surface area contributed by atoms with E-state index in [2.05, 4.69) is 10.1 Å². The number of rotatable bonds is 6. The van der Waals surface area contributed by atoms with Crippen LogP contribution >= 0.6 is 0 Å². The number of methoxy groups -OCH3 is 1. The third-order valence-corrected chi connectivity index (χ3v) is 2.04. The number of hydrogen-bond donors (Lipinski definition) is 1. The average molecular weight is 235 g/mol. The van der Waals surface area contributed by atoms with E-state index in [-0.39, 0.29) is 5.97 Å². The summed E-state index contributed by atoms with van der Waals surface area (Å²) in [7, 11) is 1.34. The summed E-state index contributed by atoms with van der Waals surface area (Å²) in [6, 6.07) is 7.86. The van der Waals surface area contributed by atoms with Crippen LogP contribution in [0, 0.1) is 6.92 Å². The molecule has 0 saturated carbocycles. The van der Waals surface area contributed by atoms with Crippen LogP contribution in [0.4, 0.5) is 0 Å². The summed E-state index contributed by atoms with van der Waals surface area (Å²) in [6.45, 7) is 3.18. The minimum atomic E-state index is -0.378. The van der Waals surface area contributed by atoms with Crippen LogP contribution in [-0.2, 0) is 9.53 Å². The molecule has 0 spiro atoms. The second-order valence-corrected chi connectivity index (χ2v) is 3.48. The number of benzene rings is 1. The fraction of sp³-hybridized carbons (Fsp3) is 0.308. The van der Waals surface area contributed by atoms with Crippen LogP contribution in [0.1, 0.15) is 5.56 Å². The predicted octanol–water partition coefficient (Wildman–Crippen LogP) is 1.65. The normalized spacial score (nSPS) is 10.2. The molecule has 0 aliphatic heterocycles. The molecular formula is C13H17NO3. The molecule has 0 bridgehead atoms. The lowest BCUT2D eigenvalue weighted by Gasteiger charge is -2.06. The Balaban J connectivity index is 2.16. The van der Waals surface area contributed by atoms with Crippen molar-refractivity contribution in [2.24, 2.45) is 0 Å². The molecule has 0 aromatic heterocycles. The molecule has 0 amide bonds. The zero-order valence-electron chi connectivity index (χ0n) is 10.1.